The van der Waals surface area contributed by atoms with E-state index >= 15 is 0 Å². The summed E-state index contributed by atoms with van der Waals surface area (Å²) in [5.41, 5.74) is 1.92. The first-order valence-corrected chi connectivity index (χ1v) is 6.95. The fourth-order valence-corrected chi connectivity index (χ4v) is 2.76. The smallest absolute Gasteiger partial charge is 0.218 e. The lowest BCUT2D eigenvalue weighted by molar-refractivity contribution is -0.106. The third-order valence-electron chi connectivity index (χ3n) is 3.78. The summed E-state index contributed by atoms with van der Waals surface area (Å²) in [4.78, 5) is 28.0. The molecule has 0 radical (unpaired) electrons. The number of aryl methyl sites for hydroxylation is 1. The second-order valence-electron chi connectivity index (χ2n) is 5.08. The number of hydrogen-bond acceptors (Lipinski definition) is 2. The largest absolute Gasteiger partial charge is 0.362 e. The van der Waals surface area contributed by atoms with Crippen LogP contribution in [0.3, 0.4) is 0 Å². The number of nitrogens with zero attached hydrogens (tertiary/aromatic N) is 1. The van der Waals surface area contributed by atoms with Crippen LogP contribution < -0.4 is 4.90 Å². The van der Waals surface area contributed by atoms with Gasteiger partial charge >= 0.3 is 0 Å². The van der Waals surface area contributed by atoms with Crippen LogP contribution in [0.1, 0.15) is 35.3 Å². The van der Waals surface area contributed by atoms with Crippen molar-refractivity contribution in [2.45, 2.75) is 25.7 Å². The van der Waals surface area contributed by atoms with E-state index < -0.39 is 5.82 Å². The number of nitrogens with one attached hydrogen (secondary N) is 1. The van der Waals surface area contributed by atoms with Gasteiger partial charge in [0.25, 0.3) is 0 Å². The van der Waals surface area contributed by atoms with Gasteiger partial charge in [0.05, 0.1) is 16.9 Å². The molecule has 0 atom stereocenters. The molecular weight excluding hydrogens is 271 g/mol. The van der Waals surface area contributed by atoms with Gasteiger partial charge in [0.2, 0.25) is 6.41 Å². The van der Waals surface area contributed by atoms with Crippen molar-refractivity contribution in [3.05, 3.63) is 47.5 Å². The number of H-pyrrole nitrogens is 1. The number of carbonyl (C=O) groups is 2. The monoisotopic (exact) mass is 286 g/mol. The van der Waals surface area contributed by atoms with Crippen LogP contribution in [0.4, 0.5) is 15.8 Å². The topological polar surface area (TPSA) is 53.2 Å². The molecule has 108 valence electrons. The molecule has 3 rings (SSSR count). The van der Waals surface area contributed by atoms with Crippen molar-refractivity contribution < 1.29 is 14.0 Å². The number of aromatic amines is 1. The molecule has 0 saturated heterocycles. The standard InChI is InChI=1S/C16H15FN2O2/c17-11-5-1-3-7-13(11)19(10-20)14-9-18-12-6-2-4-8-15(21)16(12)14/h1,3,5,7,9-10,18H,2,4,6,8H2. The van der Waals surface area contributed by atoms with Crippen LogP contribution in [-0.4, -0.2) is 17.2 Å². The Hall–Kier alpha value is -2.43. The number of benzene rings is 1. The fourth-order valence-electron chi connectivity index (χ4n) is 2.76. The number of carbonyl (C=O) groups excluding carboxylic acids is 2. The molecule has 0 bridgehead atoms. The van der Waals surface area contributed by atoms with Crippen LogP contribution in [0.2, 0.25) is 0 Å². The number of ketones is 1. The Morgan fingerprint density at radius 3 is 2.67 bits per heavy atom. The summed E-state index contributed by atoms with van der Waals surface area (Å²) in [7, 11) is 0. The van der Waals surface area contributed by atoms with Crippen molar-refractivity contribution in [1.82, 2.24) is 4.98 Å². The van der Waals surface area contributed by atoms with Crippen LogP contribution >= 0.6 is 0 Å². The Morgan fingerprint density at radius 2 is 1.90 bits per heavy atom. The normalized spacial score (nSPS) is 14.4. The van der Waals surface area contributed by atoms with Gasteiger partial charge in [0.1, 0.15) is 5.82 Å². The van der Waals surface area contributed by atoms with Gasteiger partial charge in [-0.15, -0.1) is 0 Å². The molecule has 1 heterocycles. The second kappa shape index (κ2) is 5.52. The summed E-state index contributed by atoms with van der Waals surface area (Å²) < 4.78 is 13.9. The first-order valence-electron chi connectivity index (χ1n) is 6.95. The SMILES string of the molecule is O=CN(c1ccccc1F)c1c[nH]c2c1C(=O)CCCC2. The van der Waals surface area contributed by atoms with Gasteiger partial charge in [-0.25, -0.2) is 4.39 Å². The molecule has 21 heavy (non-hydrogen) atoms. The van der Waals surface area contributed by atoms with E-state index in [1.807, 2.05) is 0 Å². The highest BCUT2D eigenvalue weighted by atomic mass is 19.1. The minimum atomic E-state index is -0.499. The number of rotatable bonds is 3. The molecule has 1 N–H and O–H groups in total. The Morgan fingerprint density at radius 1 is 1.14 bits per heavy atom. The fraction of sp³-hybridized carbons (Fsp3) is 0.250. The summed E-state index contributed by atoms with van der Waals surface area (Å²) in [5, 5.41) is 0. The first kappa shape index (κ1) is 13.5. The number of Topliss-reactive ketones (excluding diaryl/α,β-unsaturated/α-hetero) is 1. The number of para-hydroxylation sites is 1. The number of fused-ring (bicyclic) bond motifs is 1. The molecule has 4 nitrogen and oxygen atoms in total. The molecular formula is C16H15FN2O2. The molecule has 2 aromatic rings. The number of aromatic nitrogens is 1. The van der Waals surface area contributed by atoms with Gasteiger partial charge < -0.3 is 4.98 Å². The van der Waals surface area contributed by atoms with Gasteiger partial charge in [-0.3, -0.25) is 14.5 Å². The van der Waals surface area contributed by atoms with Crippen molar-refractivity contribution in [3.63, 3.8) is 0 Å². The van der Waals surface area contributed by atoms with Crippen LogP contribution in [-0.2, 0) is 11.2 Å². The van der Waals surface area contributed by atoms with Gasteiger partial charge in [0, 0.05) is 18.3 Å². The number of hydrogen-bond donors (Lipinski definition) is 1. The van der Waals surface area contributed by atoms with E-state index in [4.69, 9.17) is 0 Å². The first-order chi connectivity index (χ1) is 10.2. The highest BCUT2D eigenvalue weighted by Crippen LogP contribution is 2.34. The predicted octanol–water partition coefficient (Wildman–Crippen LogP) is 3.36. The number of halogens is 1. The quantitative estimate of drug-likeness (QED) is 0.695. The highest BCUT2D eigenvalue weighted by Gasteiger charge is 2.25. The predicted molar refractivity (Wildman–Crippen MR) is 77.3 cm³/mol. The zero-order valence-corrected chi connectivity index (χ0v) is 11.4. The van der Waals surface area contributed by atoms with Gasteiger partial charge in [-0.1, -0.05) is 12.1 Å². The molecule has 1 aromatic carbocycles. The van der Waals surface area contributed by atoms with E-state index in [1.54, 1.807) is 18.3 Å². The molecule has 1 aromatic heterocycles. The zero-order chi connectivity index (χ0) is 14.8. The molecule has 1 aliphatic carbocycles. The summed E-state index contributed by atoms with van der Waals surface area (Å²) in [6.07, 6.45) is 5.14. The Bertz CT molecular complexity index is 693. The van der Waals surface area contributed by atoms with Crippen molar-refractivity contribution >= 4 is 23.6 Å². The number of amides is 1. The summed E-state index contributed by atoms with van der Waals surface area (Å²) >= 11 is 0. The molecule has 0 saturated carbocycles. The van der Waals surface area contributed by atoms with E-state index in [0.717, 1.165) is 25.0 Å². The minimum Gasteiger partial charge on any atom is -0.362 e. The van der Waals surface area contributed by atoms with Crippen LogP contribution in [0.25, 0.3) is 0 Å². The maximum Gasteiger partial charge on any atom is 0.218 e. The lowest BCUT2D eigenvalue weighted by atomic mass is 10.1. The second-order valence-corrected chi connectivity index (χ2v) is 5.08. The van der Waals surface area contributed by atoms with E-state index in [2.05, 4.69) is 4.98 Å². The van der Waals surface area contributed by atoms with Gasteiger partial charge in [0.15, 0.2) is 5.78 Å². The van der Waals surface area contributed by atoms with Crippen molar-refractivity contribution in [3.8, 4) is 0 Å². The molecule has 0 fully saturated rings. The molecule has 0 spiro atoms. The van der Waals surface area contributed by atoms with Gasteiger partial charge in [-0.05, 0) is 31.4 Å². The Balaban J connectivity index is 2.11. The molecule has 1 aliphatic rings. The highest BCUT2D eigenvalue weighted by molar-refractivity contribution is 6.06. The van der Waals surface area contributed by atoms with Crippen molar-refractivity contribution in [1.29, 1.82) is 0 Å². The maximum atomic E-state index is 13.9. The Kier molecular flexibility index (Phi) is 3.56. The molecule has 1 amide bonds. The lowest BCUT2D eigenvalue weighted by Gasteiger charge is -2.18. The molecule has 0 unspecified atom stereocenters. The van der Waals surface area contributed by atoms with E-state index in [-0.39, 0.29) is 11.5 Å². The zero-order valence-electron chi connectivity index (χ0n) is 11.4. The van der Waals surface area contributed by atoms with E-state index in [0.29, 0.717) is 24.1 Å². The van der Waals surface area contributed by atoms with Crippen LogP contribution in [0.15, 0.2) is 30.5 Å². The van der Waals surface area contributed by atoms with Crippen LogP contribution in [0.5, 0.6) is 0 Å². The summed E-state index contributed by atoms with van der Waals surface area (Å²) in [6, 6.07) is 6.02. The van der Waals surface area contributed by atoms with Gasteiger partial charge in [-0.2, -0.15) is 0 Å². The third kappa shape index (κ3) is 2.35. The molecule has 5 heteroatoms. The maximum absolute atomic E-state index is 13.9. The van der Waals surface area contributed by atoms with E-state index in [1.165, 1.54) is 17.0 Å². The average molecular weight is 286 g/mol. The van der Waals surface area contributed by atoms with Crippen molar-refractivity contribution in [2.75, 3.05) is 4.90 Å². The minimum absolute atomic E-state index is 0.00180. The van der Waals surface area contributed by atoms with Crippen LogP contribution in [0, 0.1) is 5.82 Å². The third-order valence-corrected chi connectivity index (χ3v) is 3.78. The molecule has 0 aliphatic heterocycles. The Labute approximate surface area is 121 Å². The van der Waals surface area contributed by atoms with Crippen molar-refractivity contribution in [2.24, 2.45) is 0 Å². The summed E-state index contributed by atoms with van der Waals surface area (Å²) in [5.74, 6) is -0.498. The average Bonchev–Trinajstić information content (AvgIpc) is 2.81. The summed E-state index contributed by atoms with van der Waals surface area (Å²) in [6.45, 7) is 0. The lowest BCUT2D eigenvalue weighted by Crippen LogP contribution is -2.17. The number of anilines is 2. The van der Waals surface area contributed by atoms with E-state index in [9.17, 15) is 14.0 Å².